The lowest BCUT2D eigenvalue weighted by atomic mass is 9.88. The molecule has 0 aliphatic heterocycles. The highest BCUT2D eigenvalue weighted by molar-refractivity contribution is 6.19. The second-order valence-electron chi connectivity index (χ2n) is 6.49. The molecule has 0 aromatic rings. The molecule has 1 unspecified atom stereocenters. The molecule has 0 heterocycles. The molecular weight excluding hydrogens is 400 g/mol. The standard InChI is InChI=1S/C21H29ClO7/c1-5-8-10-12-18(23)26-14-21(7-3,16-28-20(25)29-17(4)22)15-27-19(24)13-11-9-6-2/h1-2,17H,7-16H2,3-4H3. The minimum absolute atomic E-state index is 0.0975. The maximum absolute atomic E-state index is 11.9. The highest BCUT2D eigenvalue weighted by Crippen LogP contribution is 2.25. The number of rotatable bonds is 14. The summed E-state index contributed by atoms with van der Waals surface area (Å²) in [6.07, 6.45) is 12.1. The fourth-order valence-corrected chi connectivity index (χ4v) is 2.16. The van der Waals surface area contributed by atoms with Crippen LogP contribution in [-0.4, -0.2) is 43.5 Å². The fraction of sp³-hybridized carbons (Fsp3) is 0.667. The average Bonchev–Trinajstić information content (AvgIpc) is 2.67. The van der Waals surface area contributed by atoms with Gasteiger partial charge in [0.15, 0.2) is 5.56 Å². The fourth-order valence-electron chi connectivity index (χ4n) is 2.09. The first-order chi connectivity index (χ1) is 13.8. The number of esters is 2. The summed E-state index contributed by atoms with van der Waals surface area (Å²) in [6, 6.07) is 0. The van der Waals surface area contributed by atoms with Crippen LogP contribution < -0.4 is 0 Å². The molecule has 0 spiro atoms. The number of hydrogen-bond acceptors (Lipinski definition) is 7. The van der Waals surface area contributed by atoms with E-state index in [9.17, 15) is 14.4 Å². The van der Waals surface area contributed by atoms with E-state index in [0.717, 1.165) is 0 Å². The van der Waals surface area contributed by atoms with Crippen molar-refractivity contribution in [2.45, 2.75) is 64.4 Å². The van der Waals surface area contributed by atoms with Gasteiger partial charge in [0.1, 0.15) is 19.8 Å². The van der Waals surface area contributed by atoms with Crippen LogP contribution in [0.5, 0.6) is 0 Å². The Labute approximate surface area is 177 Å². The number of terminal acetylenes is 2. The molecule has 0 rings (SSSR count). The van der Waals surface area contributed by atoms with Crippen molar-refractivity contribution in [3.63, 3.8) is 0 Å². The van der Waals surface area contributed by atoms with Gasteiger partial charge in [-0.15, -0.1) is 24.7 Å². The van der Waals surface area contributed by atoms with Crippen molar-refractivity contribution in [2.75, 3.05) is 19.8 Å². The summed E-state index contributed by atoms with van der Waals surface area (Å²) in [7, 11) is 0. The topological polar surface area (TPSA) is 88.1 Å². The summed E-state index contributed by atoms with van der Waals surface area (Å²) in [6.45, 7) is 2.89. The first kappa shape index (κ1) is 26.6. The van der Waals surface area contributed by atoms with Gasteiger partial charge < -0.3 is 18.9 Å². The summed E-state index contributed by atoms with van der Waals surface area (Å²) in [5.41, 5.74) is -1.78. The van der Waals surface area contributed by atoms with E-state index >= 15 is 0 Å². The molecule has 162 valence electrons. The predicted octanol–water partition coefficient (Wildman–Crippen LogP) is 3.81. The molecule has 0 radical (unpaired) electrons. The van der Waals surface area contributed by atoms with Crippen LogP contribution in [0.15, 0.2) is 0 Å². The molecule has 8 heteroatoms. The Kier molecular flexibility index (Phi) is 14.3. The Hall–Kier alpha value is -2.38. The second-order valence-corrected chi connectivity index (χ2v) is 7.10. The lowest BCUT2D eigenvalue weighted by Gasteiger charge is -2.31. The van der Waals surface area contributed by atoms with Crippen molar-refractivity contribution < 1.29 is 33.3 Å². The Bertz CT molecular complexity index is 565. The van der Waals surface area contributed by atoms with E-state index in [0.29, 0.717) is 32.1 Å². The Morgan fingerprint density at radius 1 is 0.931 bits per heavy atom. The van der Waals surface area contributed by atoms with Gasteiger partial charge in [-0.3, -0.25) is 9.59 Å². The Morgan fingerprint density at radius 2 is 1.38 bits per heavy atom. The van der Waals surface area contributed by atoms with Crippen molar-refractivity contribution in [3.8, 4) is 24.7 Å². The number of alkyl halides is 1. The zero-order valence-corrected chi connectivity index (χ0v) is 17.8. The van der Waals surface area contributed by atoms with Crippen LogP contribution in [0.4, 0.5) is 4.79 Å². The SMILES string of the molecule is C#CCCCC(=O)OCC(CC)(COC(=O)CCCC#C)COC(=O)OC(C)Cl. The average molecular weight is 429 g/mol. The molecule has 0 amide bonds. The number of halogens is 1. The molecule has 0 aromatic carbocycles. The summed E-state index contributed by atoms with van der Waals surface area (Å²) in [5, 5.41) is 0. The van der Waals surface area contributed by atoms with E-state index in [2.05, 4.69) is 11.8 Å². The van der Waals surface area contributed by atoms with Crippen LogP contribution in [0.2, 0.25) is 0 Å². The molecule has 29 heavy (non-hydrogen) atoms. The molecule has 1 atom stereocenters. The monoisotopic (exact) mass is 428 g/mol. The molecule has 0 aliphatic carbocycles. The van der Waals surface area contributed by atoms with Crippen LogP contribution in [0, 0.1) is 30.1 Å². The highest BCUT2D eigenvalue weighted by Gasteiger charge is 2.34. The second kappa shape index (κ2) is 15.5. The molecule has 7 nitrogen and oxygen atoms in total. The minimum atomic E-state index is -0.967. The molecule has 0 aromatic heterocycles. The summed E-state index contributed by atoms with van der Waals surface area (Å²) in [4.78, 5) is 35.5. The third-order valence-electron chi connectivity index (χ3n) is 3.99. The van der Waals surface area contributed by atoms with Crippen molar-refractivity contribution >= 4 is 29.7 Å². The zero-order valence-electron chi connectivity index (χ0n) is 17.0. The van der Waals surface area contributed by atoms with Crippen LogP contribution in [0.3, 0.4) is 0 Å². The summed E-state index contributed by atoms with van der Waals surface area (Å²) in [5.74, 6) is 4.03. The van der Waals surface area contributed by atoms with Gasteiger partial charge in [0.25, 0.3) is 0 Å². The van der Waals surface area contributed by atoms with Crippen LogP contribution in [0.1, 0.15) is 58.8 Å². The maximum atomic E-state index is 11.9. The minimum Gasteiger partial charge on any atom is -0.465 e. The maximum Gasteiger partial charge on any atom is 0.509 e. The highest BCUT2D eigenvalue weighted by atomic mass is 35.5. The van der Waals surface area contributed by atoms with Crippen LogP contribution in [-0.2, 0) is 28.5 Å². The Morgan fingerprint density at radius 3 is 1.76 bits per heavy atom. The van der Waals surface area contributed by atoms with Crippen molar-refractivity contribution in [1.82, 2.24) is 0 Å². The lowest BCUT2D eigenvalue weighted by Crippen LogP contribution is -2.39. The molecule has 0 N–H and O–H groups in total. The third-order valence-corrected chi connectivity index (χ3v) is 4.08. The van der Waals surface area contributed by atoms with Gasteiger partial charge in [-0.1, -0.05) is 18.5 Å². The van der Waals surface area contributed by atoms with Gasteiger partial charge in [-0.2, -0.15) is 0 Å². The zero-order chi connectivity index (χ0) is 22.1. The van der Waals surface area contributed by atoms with E-state index in [-0.39, 0.29) is 32.7 Å². The van der Waals surface area contributed by atoms with Crippen molar-refractivity contribution in [3.05, 3.63) is 0 Å². The first-order valence-corrected chi connectivity index (χ1v) is 9.88. The number of ether oxygens (including phenoxy) is 4. The molecule has 0 bridgehead atoms. The molecule has 0 saturated heterocycles. The van der Waals surface area contributed by atoms with Gasteiger partial charge in [0, 0.05) is 25.7 Å². The van der Waals surface area contributed by atoms with Crippen LogP contribution >= 0.6 is 11.6 Å². The number of carbonyl (C=O) groups is 3. The number of unbranched alkanes of at least 4 members (excludes halogenated alkanes) is 2. The molecule has 0 saturated carbocycles. The third kappa shape index (κ3) is 13.4. The molecule has 0 fully saturated rings. The molecular formula is C21H29ClO7. The summed E-state index contributed by atoms with van der Waals surface area (Å²) < 4.78 is 20.4. The van der Waals surface area contributed by atoms with Crippen molar-refractivity contribution in [1.29, 1.82) is 0 Å². The van der Waals surface area contributed by atoms with Gasteiger partial charge in [0.2, 0.25) is 0 Å². The van der Waals surface area contributed by atoms with Gasteiger partial charge in [-0.05, 0) is 26.2 Å². The lowest BCUT2D eigenvalue weighted by molar-refractivity contribution is -0.157. The number of carbonyl (C=O) groups excluding carboxylic acids is 3. The van der Waals surface area contributed by atoms with Crippen LogP contribution in [0.25, 0.3) is 0 Å². The van der Waals surface area contributed by atoms with E-state index in [1.54, 1.807) is 6.92 Å². The Balaban J connectivity index is 4.90. The van der Waals surface area contributed by atoms with E-state index in [1.807, 2.05) is 0 Å². The smallest absolute Gasteiger partial charge is 0.465 e. The predicted molar refractivity (Wildman–Crippen MR) is 108 cm³/mol. The van der Waals surface area contributed by atoms with E-state index < -0.39 is 29.1 Å². The van der Waals surface area contributed by atoms with Gasteiger partial charge in [0.05, 0.1) is 5.41 Å². The van der Waals surface area contributed by atoms with E-state index in [1.165, 1.54) is 6.92 Å². The van der Waals surface area contributed by atoms with E-state index in [4.69, 9.17) is 43.4 Å². The van der Waals surface area contributed by atoms with Crippen molar-refractivity contribution in [2.24, 2.45) is 5.41 Å². The van der Waals surface area contributed by atoms with Gasteiger partial charge in [-0.25, -0.2) is 4.79 Å². The first-order valence-electron chi connectivity index (χ1n) is 9.44. The largest absolute Gasteiger partial charge is 0.509 e. The molecule has 0 aliphatic rings. The normalized spacial score (nSPS) is 11.5. The summed E-state index contributed by atoms with van der Waals surface area (Å²) >= 11 is 5.59. The van der Waals surface area contributed by atoms with Gasteiger partial charge >= 0.3 is 18.1 Å². The number of hydrogen-bond donors (Lipinski definition) is 0. The quantitative estimate of drug-likeness (QED) is 0.137.